The number of rotatable bonds is 44. The summed E-state index contributed by atoms with van der Waals surface area (Å²) >= 11 is 0. The Bertz CT molecular complexity index is 1100. The van der Waals surface area contributed by atoms with E-state index in [1.807, 2.05) is 0 Å². The zero-order valence-corrected chi connectivity index (χ0v) is 41.7. The highest BCUT2D eigenvalue weighted by atomic mass is 16.7. The molecular formula is C52H100O14. The molecule has 66 heavy (non-hydrogen) atoms. The standard InChI is InChI=1S/C52H100O14/c1-3-5-7-9-11-12-13-14-15-16-17-18-19-20-21-22-23-24-25-26-27-28-29-31-33-35-44(54)64-41(38-61-36-34-32-30-10-8-6-4-2)39-62-51-50(60)48(58)46(56)43(66-51)40-63-52-49(59)47(57)45(55)42(37-53)65-52/h41-43,45-53,55-60H,3-40H2,1-2H3. The van der Waals surface area contributed by atoms with E-state index in [-0.39, 0.29) is 25.6 Å². The molecule has 2 rings (SSSR count). The molecule has 0 saturated carbocycles. The van der Waals surface area contributed by atoms with Crippen molar-refractivity contribution in [1.82, 2.24) is 0 Å². The van der Waals surface area contributed by atoms with Gasteiger partial charge in [0.05, 0.1) is 26.4 Å². The summed E-state index contributed by atoms with van der Waals surface area (Å²) in [6.45, 7) is 3.69. The van der Waals surface area contributed by atoms with Crippen LogP contribution in [-0.4, -0.2) is 142 Å². The molecule has 2 saturated heterocycles. The van der Waals surface area contributed by atoms with E-state index in [0.29, 0.717) is 6.61 Å². The molecule has 0 aliphatic carbocycles. The van der Waals surface area contributed by atoms with Crippen LogP contribution < -0.4 is 0 Å². The van der Waals surface area contributed by atoms with E-state index < -0.39 is 80.7 Å². The predicted octanol–water partition coefficient (Wildman–Crippen LogP) is 8.47. The average molecular weight is 949 g/mol. The van der Waals surface area contributed by atoms with Crippen LogP contribution in [0.5, 0.6) is 0 Å². The normalized spacial score (nSPS) is 26.2. The van der Waals surface area contributed by atoms with Crippen LogP contribution in [0.15, 0.2) is 0 Å². The summed E-state index contributed by atoms with van der Waals surface area (Å²) in [7, 11) is 0. The molecule has 2 fully saturated rings. The lowest BCUT2D eigenvalue weighted by Gasteiger charge is -2.42. The van der Waals surface area contributed by atoms with E-state index in [1.54, 1.807) is 0 Å². The first-order valence-electron chi connectivity index (χ1n) is 27.1. The predicted molar refractivity (Wildman–Crippen MR) is 257 cm³/mol. The third kappa shape index (κ3) is 28.0. The quantitative estimate of drug-likeness (QED) is 0.0226. The molecule has 0 bridgehead atoms. The number of esters is 1. The van der Waals surface area contributed by atoms with Crippen LogP contribution in [0.25, 0.3) is 0 Å². The van der Waals surface area contributed by atoms with Crippen molar-refractivity contribution < 1.29 is 69.0 Å². The highest BCUT2D eigenvalue weighted by Crippen LogP contribution is 2.27. The van der Waals surface area contributed by atoms with E-state index in [2.05, 4.69) is 13.8 Å². The first kappa shape index (κ1) is 61.1. The largest absolute Gasteiger partial charge is 0.457 e. The van der Waals surface area contributed by atoms with Crippen LogP contribution >= 0.6 is 0 Å². The summed E-state index contributed by atoms with van der Waals surface area (Å²) in [4.78, 5) is 13.0. The van der Waals surface area contributed by atoms with Gasteiger partial charge in [0.15, 0.2) is 12.6 Å². The molecule has 0 amide bonds. The van der Waals surface area contributed by atoms with Crippen LogP contribution in [0.4, 0.5) is 0 Å². The number of carbonyl (C=O) groups excluding carboxylic acids is 1. The van der Waals surface area contributed by atoms with Crippen LogP contribution in [0.2, 0.25) is 0 Å². The maximum absolute atomic E-state index is 13.0. The minimum absolute atomic E-state index is 0.0681. The zero-order valence-electron chi connectivity index (χ0n) is 41.7. The third-order valence-corrected chi connectivity index (χ3v) is 13.4. The van der Waals surface area contributed by atoms with Crippen molar-refractivity contribution in [2.45, 2.75) is 293 Å². The van der Waals surface area contributed by atoms with Gasteiger partial charge in [0.2, 0.25) is 0 Å². The topological polar surface area (TPSA) is 214 Å². The summed E-state index contributed by atoms with van der Waals surface area (Å²) in [5.74, 6) is -0.372. The number of unbranched alkanes of at least 4 members (excludes halogenated alkanes) is 30. The first-order chi connectivity index (χ1) is 32.1. The average Bonchev–Trinajstić information content (AvgIpc) is 3.31. The molecule has 2 heterocycles. The van der Waals surface area contributed by atoms with Gasteiger partial charge in [-0.05, 0) is 12.8 Å². The molecule has 0 aromatic rings. The number of aliphatic hydroxyl groups excluding tert-OH is 7. The fourth-order valence-corrected chi connectivity index (χ4v) is 8.93. The fourth-order valence-electron chi connectivity index (χ4n) is 8.93. The third-order valence-electron chi connectivity index (χ3n) is 13.4. The Balaban J connectivity index is 1.62. The van der Waals surface area contributed by atoms with E-state index >= 15 is 0 Å². The minimum atomic E-state index is -1.70. The van der Waals surface area contributed by atoms with Gasteiger partial charge < -0.3 is 64.2 Å². The Morgan fingerprint density at radius 3 is 1.23 bits per heavy atom. The highest BCUT2D eigenvalue weighted by Gasteiger charge is 2.47. The van der Waals surface area contributed by atoms with Gasteiger partial charge in [-0.15, -0.1) is 0 Å². The molecule has 0 aromatic heterocycles. The Morgan fingerprint density at radius 1 is 0.439 bits per heavy atom. The van der Waals surface area contributed by atoms with Crippen LogP contribution in [0.3, 0.4) is 0 Å². The Kier molecular flexibility index (Phi) is 37.7. The van der Waals surface area contributed by atoms with Crippen LogP contribution in [0, 0.1) is 0 Å². The molecule has 2 aliphatic rings. The molecule has 0 spiro atoms. The summed E-state index contributed by atoms with van der Waals surface area (Å²) in [5, 5.41) is 72.0. The van der Waals surface area contributed by atoms with Gasteiger partial charge >= 0.3 is 5.97 Å². The number of carbonyl (C=O) groups is 1. The van der Waals surface area contributed by atoms with Gasteiger partial charge in [0.25, 0.3) is 0 Å². The SMILES string of the molecule is CCCCCCCCCCCCCCCCCCCCCCCCCCCC(=O)OC(COCCCCCCCCC)COC1OC(COC2OC(CO)C(O)C(O)C2O)C(O)C(O)C1O. The summed E-state index contributed by atoms with van der Waals surface area (Å²) in [6, 6.07) is 0. The second kappa shape index (κ2) is 40.7. The lowest BCUT2D eigenvalue weighted by Crippen LogP contribution is -2.61. The Labute approximate surface area is 400 Å². The van der Waals surface area contributed by atoms with Crippen molar-refractivity contribution in [1.29, 1.82) is 0 Å². The number of hydrogen-bond acceptors (Lipinski definition) is 14. The van der Waals surface area contributed by atoms with Crippen molar-refractivity contribution >= 4 is 5.97 Å². The molecule has 0 aromatic carbocycles. The molecule has 2 aliphatic heterocycles. The summed E-state index contributed by atoms with van der Waals surface area (Å²) in [5.41, 5.74) is 0. The van der Waals surface area contributed by atoms with Crippen LogP contribution in [0.1, 0.15) is 226 Å². The van der Waals surface area contributed by atoms with Gasteiger partial charge in [-0.2, -0.15) is 0 Å². The first-order valence-corrected chi connectivity index (χ1v) is 27.1. The van der Waals surface area contributed by atoms with E-state index in [0.717, 1.165) is 44.9 Å². The van der Waals surface area contributed by atoms with E-state index in [4.69, 9.17) is 28.4 Å². The molecule has 7 N–H and O–H groups in total. The number of aliphatic hydroxyl groups is 7. The second-order valence-electron chi connectivity index (χ2n) is 19.4. The molecular weight excluding hydrogens is 849 g/mol. The smallest absolute Gasteiger partial charge is 0.306 e. The minimum Gasteiger partial charge on any atom is -0.457 e. The van der Waals surface area contributed by atoms with E-state index in [9.17, 15) is 40.5 Å². The fraction of sp³-hybridized carbons (Fsp3) is 0.981. The Hall–Kier alpha value is -1.01. The lowest BCUT2D eigenvalue weighted by atomic mass is 9.98. The molecule has 392 valence electrons. The van der Waals surface area contributed by atoms with Crippen LogP contribution in [-0.2, 0) is 33.2 Å². The molecule has 14 nitrogen and oxygen atoms in total. The lowest BCUT2D eigenvalue weighted by molar-refractivity contribution is -0.332. The highest BCUT2D eigenvalue weighted by molar-refractivity contribution is 5.69. The van der Waals surface area contributed by atoms with Crippen molar-refractivity contribution in [3.63, 3.8) is 0 Å². The van der Waals surface area contributed by atoms with Gasteiger partial charge in [-0.1, -0.05) is 206 Å². The van der Waals surface area contributed by atoms with Crippen molar-refractivity contribution in [3.8, 4) is 0 Å². The maximum Gasteiger partial charge on any atom is 0.306 e. The molecule has 11 atom stereocenters. The summed E-state index contributed by atoms with van der Waals surface area (Å²) in [6.07, 6.45) is 24.9. The second-order valence-corrected chi connectivity index (χ2v) is 19.4. The van der Waals surface area contributed by atoms with Gasteiger partial charge in [0.1, 0.15) is 54.9 Å². The molecule has 14 heteroatoms. The molecule has 11 unspecified atom stereocenters. The van der Waals surface area contributed by atoms with E-state index in [1.165, 1.54) is 161 Å². The number of ether oxygens (including phenoxy) is 6. The van der Waals surface area contributed by atoms with Gasteiger partial charge in [0, 0.05) is 13.0 Å². The van der Waals surface area contributed by atoms with Crippen molar-refractivity contribution in [2.24, 2.45) is 0 Å². The summed E-state index contributed by atoms with van der Waals surface area (Å²) < 4.78 is 34.2. The van der Waals surface area contributed by atoms with Gasteiger partial charge in [-0.25, -0.2) is 0 Å². The number of hydrogen-bond donors (Lipinski definition) is 7. The van der Waals surface area contributed by atoms with Crippen molar-refractivity contribution in [2.75, 3.05) is 33.0 Å². The van der Waals surface area contributed by atoms with Gasteiger partial charge in [-0.3, -0.25) is 4.79 Å². The maximum atomic E-state index is 13.0. The molecule has 0 radical (unpaired) electrons. The Morgan fingerprint density at radius 2 is 0.803 bits per heavy atom. The zero-order chi connectivity index (χ0) is 48.0. The monoisotopic (exact) mass is 949 g/mol. The van der Waals surface area contributed by atoms with Crippen molar-refractivity contribution in [3.05, 3.63) is 0 Å².